The van der Waals surface area contributed by atoms with Gasteiger partial charge in [0, 0.05) is 17.5 Å². The van der Waals surface area contributed by atoms with Gasteiger partial charge in [0.1, 0.15) is 16.8 Å². The zero-order valence-electron chi connectivity index (χ0n) is 12.4. The monoisotopic (exact) mass is 318 g/mol. The quantitative estimate of drug-likeness (QED) is 0.918. The summed E-state index contributed by atoms with van der Waals surface area (Å²) in [6, 6.07) is 7.43. The lowest BCUT2D eigenvalue weighted by Crippen LogP contribution is -2.35. The van der Waals surface area contributed by atoms with Crippen LogP contribution in [0, 0.1) is 0 Å². The van der Waals surface area contributed by atoms with E-state index >= 15 is 0 Å². The molecular formula is C16H18N2O3S. The standard InChI is InChI=1S/C16H18N2O3S/c1-21-13-5-2-4-11(8-13)15-17-12(10-22-15)9-18-7-3-6-14(18)16(19)20/h2,4-5,8,10,14H,3,6-7,9H2,1H3,(H,19,20)/t14-/m0/s1. The number of carboxylic acids is 1. The van der Waals surface area contributed by atoms with Gasteiger partial charge in [0.25, 0.3) is 0 Å². The van der Waals surface area contributed by atoms with E-state index in [4.69, 9.17) is 4.74 Å². The first-order valence-electron chi connectivity index (χ1n) is 7.23. The van der Waals surface area contributed by atoms with Gasteiger partial charge in [-0.15, -0.1) is 11.3 Å². The molecule has 1 aromatic heterocycles. The summed E-state index contributed by atoms with van der Waals surface area (Å²) in [5.41, 5.74) is 1.95. The van der Waals surface area contributed by atoms with E-state index in [1.807, 2.05) is 34.5 Å². The molecule has 3 rings (SSSR count). The SMILES string of the molecule is COc1cccc(-c2nc(CN3CCC[C@H]3C(=O)O)cs2)c1. The normalized spacial score (nSPS) is 18.5. The van der Waals surface area contributed by atoms with Crippen LogP contribution in [-0.4, -0.2) is 40.7 Å². The number of benzene rings is 1. The van der Waals surface area contributed by atoms with Crippen LogP contribution >= 0.6 is 11.3 Å². The summed E-state index contributed by atoms with van der Waals surface area (Å²) >= 11 is 1.57. The highest BCUT2D eigenvalue weighted by Crippen LogP contribution is 2.28. The van der Waals surface area contributed by atoms with Crippen molar-refractivity contribution in [2.75, 3.05) is 13.7 Å². The molecule has 0 unspecified atom stereocenters. The Morgan fingerprint density at radius 3 is 3.18 bits per heavy atom. The van der Waals surface area contributed by atoms with E-state index in [0.717, 1.165) is 41.4 Å². The van der Waals surface area contributed by atoms with Gasteiger partial charge in [-0.3, -0.25) is 9.69 Å². The minimum atomic E-state index is -0.735. The van der Waals surface area contributed by atoms with E-state index in [0.29, 0.717) is 6.54 Å². The Balaban J connectivity index is 1.75. The largest absolute Gasteiger partial charge is 0.497 e. The fourth-order valence-electron chi connectivity index (χ4n) is 2.77. The second kappa shape index (κ2) is 6.46. The zero-order valence-corrected chi connectivity index (χ0v) is 13.2. The van der Waals surface area contributed by atoms with E-state index in [1.165, 1.54) is 0 Å². The minimum Gasteiger partial charge on any atom is -0.497 e. The Hall–Kier alpha value is -1.92. The zero-order chi connectivity index (χ0) is 15.5. The first-order valence-corrected chi connectivity index (χ1v) is 8.11. The van der Waals surface area contributed by atoms with Crippen molar-refractivity contribution in [1.29, 1.82) is 0 Å². The van der Waals surface area contributed by atoms with Gasteiger partial charge in [0.15, 0.2) is 0 Å². The van der Waals surface area contributed by atoms with Gasteiger partial charge in [0.2, 0.25) is 0 Å². The number of thiazole rings is 1. The highest BCUT2D eigenvalue weighted by atomic mass is 32.1. The summed E-state index contributed by atoms with van der Waals surface area (Å²) in [5, 5.41) is 12.2. The first kappa shape index (κ1) is 15.0. The summed E-state index contributed by atoms with van der Waals surface area (Å²) in [6.07, 6.45) is 1.66. The van der Waals surface area contributed by atoms with Gasteiger partial charge >= 0.3 is 5.97 Å². The van der Waals surface area contributed by atoms with Crippen LogP contribution in [0.25, 0.3) is 10.6 Å². The minimum absolute atomic E-state index is 0.373. The number of ether oxygens (including phenoxy) is 1. The predicted octanol–water partition coefficient (Wildman–Crippen LogP) is 2.87. The lowest BCUT2D eigenvalue weighted by Gasteiger charge is -2.19. The van der Waals surface area contributed by atoms with Gasteiger partial charge < -0.3 is 9.84 Å². The fourth-order valence-corrected chi connectivity index (χ4v) is 3.58. The third kappa shape index (κ3) is 3.13. The lowest BCUT2D eigenvalue weighted by molar-refractivity contribution is -0.142. The fraction of sp³-hybridized carbons (Fsp3) is 0.375. The van der Waals surface area contributed by atoms with Crippen molar-refractivity contribution in [2.45, 2.75) is 25.4 Å². The molecule has 116 valence electrons. The topological polar surface area (TPSA) is 62.7 Å². The van der Waals surface area contributed by atoms with Crippen molar-refractivity contribution < 1.29 is 14.6 Å². The van der Waals surface area contributed by atoms with Crippen LogP contribution in [0.1, 0.15) is 18.5 Å². The van der Waals surface area contributed by atoms with Gasteiger partial charge in [-0.2, -0.15) is 0 Å². The molecule has 22 heavy (non-hydrogen) atoms. The van der Waals surface area contributed by atoms with Gasteiger partial charge in [-0.25, -0.2) is 4.98 Å². The van der Waals surface area contributed by atoms with E-state index < -0.39 is 5.97 Å². The molecule has 0 saturated carbocycles. The Labute approximate surface area is 133 Å². The molecule has 0 spiro atoms. The van der Waals surface area contributed by atoms with Gasteiger partial charge in [-0.1, -0.05) is 12.1 Å². The molecule has 0 bridgehead atoms. The maximum absolute atomic E-state index is 11.2. The first-order chi connectivity index (χ1) is 10.7. The number of carbonyl (C=O) groups is 1. The predicted molar refractivity (Wildman–Crippen MR) is 85.2 cm³/mol. The Bertz CT molecular complexity index is 671. The molecule has 0 radical (unpaired) electrons. The Kier molecular flexibility index (Phi) is 4.40. The summed E-state index contributed by atoms with van der Waals surface area (Å²) in [6.45, 7) is 1.42. The van der Waals surface area contributed by atoms with Crippen LogP contribution in [0.2, 0.25) is 0 Å². The molecule has 1 atom stereocenters. The van der Waals surface area contributed by atoms with Crippen LogP contribution < -0.4 is 4.74 Å². The molecule has 1 N–H and O–H groups in total. The number of carboxylic acid groups (broad SMARTS) is 1. The van der Waals surface area contributed by atoms with Gasteiger partial charge in [-0.05, 0) is 31.5 Å². The second-order valence-electron chi connectivity index (χ2n) is 5.34. The number of aliphatic carboxylic acids is 1. The summed E-state index contributed by atoms with van der Waals surface area (Å²) in [5.74, 6) is 0.0699. The molecule has 1 aliphatic heterocycles. The average molecular weight is 318 g/mol. The van der Waals surface area contributed by atoms with Gasteiger partial charge in [0.05, 0.1) is 12.8 Å². The molecule has 0 amide bonds. The van der Waals surface area contributed by atoms with Crippen LogP contribution in [-0.2, 0) is 11.3 Å². The van der Waals surface area contributed by atoms with E-state index in [2.05, 4.69) is 4.98 Å². The Morgan fingerprint density at radius 2 is 2.41 bits per heavy atom. The third-order valence-electron chi connectivity index (χ3n) is 3.88. The van der Waals surface area contributed by atoms with Crippen molar-refractivity contribution in [3.63, 3.8) is 0 Å². The maximum Gasteiger partial charge on any atom is 0.320 e. The molecule has 6 heteroatoms. The van der Waals surface area contributed by atoms with Crippen LogP contribution in [0.5, 0.6) is 5.75 Å². The number of hydrogen-bond acceptors (Lipinski definition) is 5. The van der Waals surface area contributed by atoms with Crippen molar-refractivity contribution >= 4 is 17.3 Å². The average Bonchev–Trinajstić information content (AvgIpc) is 3.17. The summed E-state index contributed by atoms with van der Waals surface area (Å²) in [7, 11) is 1.64. The number of rotatable bonds is 5. The summed E-state index contributed by atoms with van der Waals surface area (Å²) in [4.78, 5) is 17.9. The molecule has 2 heterocycles. The van der Waals surface area contributed by atoms with Crippen LogP contribution in [0.15, 0.2) is 29.6 Å². The Morgan fingerprint density at radius 1 is 1.55 bits per heavy atom. The van der Waals surface area contributed by atoms with Crippen molar-refractivity contribution in [1.82, 2.24) is 9.88 Å². The number of nitrogens with zero attached hydrogens (tertiary/aromatic N) is 2. The molecule has 1 fully saturated rings. The second-order valence-corrected chi connectivity index (χ2v) is 6.20. The van der Waals surface area contributed by atoms with E-state index in [1.54, 1.807) is 18.4 Å². The molecule has 1 aliphatic rings. The highest BCUT2D eigenvalue weighted by Gasteiger charge is 2.30. The molecular weight excluding hydrogens is 300 g/mol. The number of likely N-dealkylation sites (tertiary alicyclic amines) is 1. The van der Waals surface area contributed by atoms with Crippen molar-refractivity contribution in [3.8, 4) is 16.3 Å². The maximum atomic E-state index is 11.2. The molecule has 0 aliphatic carbocycles. The number of hydrogen-bond donors (Lipinski definition) is 1. The van der Waals surface area contributed by atoms with Crippen molar-refractivity contribution in [3.05, 3.63) is 35.3 Å². The molecule has 1 aromatic carbocycles. The molecule has 2 aromatic rings. The number of aromatic nitrogens is 1. The van der Waals surface area contributed by atoms with Crippen molar-refractivity contribution in [2.24, 2.45) is 0 Å². The molecule has 1 saturated heterocycles. The van der Waals surface area contributed by atoms with Crippen LogP contribution in [0.3, 0.4) is 0 Å². The number of methoxy groups -OCH3 is 1. The summed E-state index contributed by atoms with van der Waals surface area (Å²) < 4.78 is 5.23. The highest BCUT2D eigenvalue weighted by molar-refractivity contribution is 7.13. The smallest absolute Gasteiger partial charge is 0.320 e. The van der Waals surface area contributed by atoms with E-state index in [-0.39, 0.29) is 6.04 Å². The van der Waals surface area contributed by atoms with E-state index in [9.17, 15) is 9.90 Å². The van der Waals surface area contributed by atoms with Crippen LogP contribution in [0.4, 0.5) is 0 Å². The molecule has 5 nitrogen and oxygen atoms in total. The third-order valence-corrected chi connectivity index (χ3v) is 4.82. The lowest BCUT2D eigenvalue weighted by atomic mass is 10.2.